The van der Waals surface area contributed by atoms with Gasteiger partial charge >= 0.3 is 6.09 Å². The number of benzene rings is 2. The van der Waals surface area contributed by atoms with E-state index in [0.717, 1.165) is 13.1 Å². The number of carbonyl (C=O) groups excluding carboxylic acids is 1. The second-order valence-corrected chi connectivity index (χ2v) is 8.05. The number of aromatic nitrogens is 2. The summed E-state index contributed by atoms with van der Waals surface area (Å²) in [5.41, 5.74) is 0.702. The second kappa shape index (κ2) is 10.4. The molecule has 1 aliphatic heterocycles. The monoisotopic (exact) mass is 495 g/mol. The van der Waals surface area contributed by atoms with Gasteiger partial charge in [-0.2, -0.15) is 0 Å². The number of carbonyl (C=O) groups is 1. The first kappa shape index (κ1) is 24.8. The van der Waals surface area contributed by atoms with Crippen molar-refractivity contribution in [1.82, 2.24) is 19.8 Å². The van der Waals surface area contributed by atoms with Crippen LogP contribution < -0.4 is 14.8 Å². The van der Waals surface area contributed by atoms with Gasteiger partial charge < -0.3 is 24.6 Å². The van der Waals surface area contributed by atoms with Crippen molar-refractivity contribution < 1.29 is 18.7 Å². The molecule has 1 aromatic heterocycles. The summed E-state index contributed by atoms with van der Waals surface area (Å²) in [6.07, 6.45) is 0.889. The first-order valence-electron chi connectivity index (χ1n) is 10.1. The normalized spacial score (nSPS) is 16.3. The summed E-state index contributed by atoms with van der Waals surface area (Å²) in [4.78, 5) is 25.2. The number of likely N-dealkylation sites (N-methyl/N-ethyl adjacent to an activating group) is 1. The van der Waals surface area contributed by atoms with Crippen molar-refractivity contribution in [2.24, 2.45) is 0 Å². The van der Waals surface area contributed by atoms with Gasteiger partial charge in [0.05, 0.1) is 23.3 Å². The number of nitrogens with zero attached hydrogens (tertiary/aromatic N) is 4. The quantitative estimate of drug-likeness (QED) is 0.560. The molecular weight excluding hydrogens is 472 g/mol. The molecule has 0 saturated carbocycles. The molecule has 8 nitrogen and oxygen atoms in total. The van der Waals surface area contributed by atoms with Crippen LogP contribution >= 0.6 is 24.0 Å². The summed E-state index contributed by atoms with van der Waals surface area (Å²) in [5.74, 6) is 0.320. The molecule has 0 aliphatic carbocycles. The van der Waals surface area contributed by atoms with Gasteiger partial charge in [0.25, 0.3) is 0 Å². The fourth-order valence-corrected chi connectivity index (χ4v) is 3.87. The van der Waals surface area contributed by atoms with Gasteiger partial charge in [-0.3, -0.25) is 0 Å². The predicted molar refractivity (Wildman–Crippen MR) is 128 cm³/mol. The standard InChI is InChI=1S/C22H23ClFN5O3.ClH/c1-13-11-28(2)7-8-29(13)22(30)32-19-9-14-17(10-18(19)31-3)25-12-26-21(14)27-16-6-4-5-15(23)20(16)24;/h4-6,9-10,12-13H,7-8,11H2,1-3H3,(H,25,26,27);1H. The number of piperazine rings is 1. The van der Waals surface area contributed by atoms with Crippen LogP contribution in [0, 0.1) is 5.82 Å². The third-order valence-corrected chi connectivity index (χ3v) is 5.68. The van der Waals surface area contributed by atoms with Gasteiger partial charge in [0.2, 0.25) is 0 Å². The number of nitrogens with one attached hydrogen (secondary N) is 1. The van der Waals surface area contributed by atoms with Crippen LogP contribution in [0.2, 0.25) is 5.02 Å². The SMILES string of the molecule is COc1cc2ncnc(Nc3cccc(Cl)c3F)c2cc1OC(=O)N1CCN(C)CC1C.Cl. The average Bonchev–Trinajstić information content (AvgIpc) is 2.76. The number of amides is 1. The molecule has 1 fully saturated rings. The van der Waals surface area contributed by atoms with Crippen molar-refractivity contribution in [3.05, 3.63) is 47.5 Å². The maximum absolute atomic E-state index is 14.4. The zero-order valence-corrected chi connectivity index (χ0v) is 19.9. The van der Waals surface area contributed by atoms with Crippen molar-refractivity contribution in [2.45, 2.75) is 13.0 Å². The van der Waals surface area contributed by atoms with Crippen molar-refractivity contribution >= 4 is 52.5 Å². The van der Waals surface area contributed by atoms with E-state index in [1.54, 1.807) is 29.2 Å². The molecule has 1 unspecified atom stereocenters. The zero-order chi connectivity index (χ0) is 22.8. The fraction of sp³-hybridized carbons (Fsp3) is 0.318. The highest BCUT2D eigenvalue weighted by atomic mass is 35.5. The highest BCUT2D eigenvalue weighted by molar-refractivity contribution is 6.31. The van der Waals surface area contributed by atoms with E-state index in [2.05, 4.69) is 20.2 Å². The molecule has 0 radical (unpaired) electrons. The van der Waals surface area contributed by atoms with Crippen LogP contribution in [0.15, 0.2) is 36.7 Å². The van der Waals surface area contributed by atoms with Gasteiger partial charge in [0.15, 0.2) is 17.3 Å². The molecule has 11 heteroatoms. The van der Waals surface area contributed by atoms with Crippen LogP contribution in [0.25, 0.3) is 10.9 Å². The van der Waals surface area contributed by atoms with Crippen LogP contribution in [-0.2, 0) is 0 Å². The minimum Gasteiger partial charge on any atom is -0.493 e. The van der Waals surface area contributed by atoms with Gasteiger partial charge in [0, 0.05) is 37.1 Å². The molecule has 2 heterocycles. The predicted octanol–water partition coefficient (Wildman–Crippen LogP) is 4.73. The van der Waals surface area contributed by atoms with Crippen LogP contribution in [0.5, 0.6) is 11.5 Å². The van der Waals surface area contributed by atoms with Gasteiger partial charge in [-0.25, -0.2) is 19.2 Å². The molecule has 1 aliphatic rings. The lowest BCUT2D eigenvalue weighted by Gasteiger charge is -2.37. The highest BCUT2D eigenvalue weighted by Crippen LogP contribution is 2.36. The number of anilines is 2. The lowest BCUT2D eigenvalue weighted by atomic mass is 10.2. The lowest BCUT2D eigenvalue weighted by molar-refractivity contribution is 0.0886. The number of methoxy groups -OCH3 is 1. The van der Waals surface area contributed by atoms with Crippen molar-refractivity contribution in [1.29, 1.82) is 0 Å². The fourth-order valence-electron chi connectivity index (χ4n) is 3.69. The van der Waals surface area contributed by atoms with E-state index in [9.17, 15) is 9.18 Å². The van der Waals surface area contributed by atoms with E-state index < -0.39 is 11.9 Å². The molecule has 2 aromatic carbocycles. The molecule has 4 rings (SSSR count). The Kier molecular flexibility index (Phi) is 7.78. The zero-order valence-electron chi connectivity index (χ0n) is 18.3. The van der Waals surface area contributed by atoms with Crippen LogP contribution in [0.1, 0.15) is 6.92 Å². The van der Waals surface area contributed by atoms with E-state index in [1.807, 2.05) is 14.0 Å². The first-order chi connectivity index (χ1) is 15.4. The van der Waals surface area contributed by atoms with Crippen molar-refractivity contribution in [3.63, 3.8) is 0 Å². The molecular formula is C22H24Cl2FN5O3. The minimum absolute atomic E-state index is 0. The highest BCUT2D eigenvalue weighted by Gasteiger charge is 2.28. The Morgan fingerprint density at radius 2 is 2.03 bits per heavy atom. The van der Waals surface area contributed by atoms with E-state index >= 15 is 0 Å². The van der Waals surface area contributed by atoms with Crippen molar-refractivity contribution in [3.8, 4) is 11.5 Å². The van der Waals surface area contributed by atoms with Gasteiger partial charge in [0.1, 0.15) is 12.1 Å². The Bertz CT molecular complexity index is 1170. The Hall–Kier alpha value is -2.88. The molecule has 3 aromatic rings. The molecule has 1 saturated heterocycles. The largest absolute Gasteiger partial charge is 0.493 e. The lowest BCUT2D eigenvalue weighted by Crippen LogP contribution is -2.53. The number of rotatable bonds is 4. The number of hydrogen-bond acceptors (Lipinski definition) is 7. The van der Waals surface area contributed by atoms with Gasteiger partial charge in [-0.05, 0) is 32.2 Å². The van der Waals surface area contributed by atoms with Crippen LogP contribution in [0.3, 0.4) is 0 Å². The Morgan fingerprint density at radius 3 is 2.76 bits per heavy atom. The smallest absolute Gasteiger partial charge is 0.415 e. The summed E-state index contributed by atoms with van der Waals surface area (Å²) in [5, 5.41) is 3.46. The summed E-state index contributed by atoms with van der Waals surface area (Å²) < 4.78 is 25.5. The summed E-state index contributed by atoms with van der Waals surface area (Å²) in [7, 11) is 3.50. The Balaban J connectivity index is 0.00000306. The van der Waals surface area contributed by atoms with Crippen LogP contribution in [0.4, 0.5) is 20.7 Å². The Labute approximate surface area is 202 Å². The number of halogens is 3. The molecule has 1 N–H and O–H groups in total. The molecule has 33 heavy (non-hydrogen) atoms. The third-order valence-electron chi connectivity index (χ3n) is 5.39. The minimum atomic E-state index is -0.592. The second-order valence-electron chi connectivity index (χ2n) is 7.64. The number of ether oxygens (including phenoxy) is 2. The van der Waals surface area contributed by atoms with E-state index in [-0.39, 0.29) is 34.9 Å². The average molecular weight is 496 g/mol. The van der Waals surface area contributed by atoms with E-state index in [1.165, 1.54) is 19.5 Å². The Morgan fingerprint density at radius 1 is 1.24 bits per heavy atom. The van der Waals surface area contributed by atoms with Crippen molar-refractivity contribution in [2.75, 3.05) is 39.1 Å². The maximum atomic E-state index is 14.4. The van der Waals surface area contributed by atoms with E-state index in [0.29, 0.717) is 29.0 Å². The molecule has 0 spiro atoms. The molecule has 1 atom stereocenters. The summed E-state index contributed by atoms with van der Waals surface area (Å²) in [6.45, 7) is 4.07. The van der Waals surface area contributed by atoms with Gasteiger partial charge in [-0.15, -0.1) is 12.4 Å². The number of hydrogen-bond donors (Lipinski definition) is 1. The maximum Gasteiger partial charge on any atom is 0.415 e. The molecule has 1 amide bonds. The summed E-state index contributed by atoms with van der Waals surface area (Å²) >= 11 is 5.89. The first-order valence-corrected chi connectivity index (χ1v) is 10.5. The molecule has 0 bridgehead atoms. The number of fused-ring (bicyclic) bond motifs is 1. The third kappa shape index (κ3) is 5.21. The summed E-state index contributed by atoms with van der Waals surface area (Å²) in [6, 6.07) is 7.91. The van der Waals surface area contributed by atoms with Crippen LogP contribution in [-0.4, -0.2) is 65.7 Å². The van der Waals surface area contributed by atoms with Gasteiger partial charge in [-0.1, -0.05) is 17.7 Å². The topological polar surface area (TPSA) is 79.8 Å². The van der Waals surface area contributed by atoms with E-state index in [4.69, 9.17) is 21.1 Å². The molecule has 176 valence electrons.